The number of aliphatic carboxylic acids is 1. The zero-order chi connectivity index (χ0) is 13.1. The Hall–Kier alpha value is -1.15. The second kappa shape index (κ2) is 4.79. The van der Waals surface area contributed by atoms with Crippen molar-refractivity contribution in [3.8, 4) is 0 Å². The predicted molar refractivity (Wildman–Crippen MR) is 55.2 cm³/mol. The van der Waals surface area contributed by atoms with E-state index in [1.54, 1.807) is 0 Å². The highest BCUT2D eigenvalue weighted by Gasteiger charge is 2.37. The third kappa shape index (κ3) is 3.46. The Kier molecular flexibility index (Phi) is 4.45. The van der Waals surface area contributed by atoms with Crippen LogP contribution in [0.15, 0.2) is 0 Å². The molecule has 0 fully saturated rings. The molecule has 0 saturated carbocycles. The summed E-state index contributed by atoms with van der Waals surface area (Å²) in [5, 5.41) is 7.28. The lowest BCUT2D eigenvalue weighted by Gasteiger charge is -2.22. The van der Waals surface area contributed by atoms with Gasteiger partial charge >= 0.3 is 11.9 Å². The Labute approximate surface area is 93.8 Å². The molecule has 0 amide bonds. The lowest BCUT2D eigenvalue weighted by atomic mass is 10.1. The first-order valence-corrected chi connectivity index (χ1v) is 5.93. The average Bonchev–Trinajstić information content (AvgIpc) is 2.13. The van der Waals surface area contributed by atoms with Crippen molar-refractivity contribution in [3.63, 3.8) is 0 Å². The molecule has 0 bridgehead atoms. The molecule has 0 heterocycles. The van der Waals surface area contributed by atoms with Crippen LogP contribution in [0.5, 0.6) is 0 Å². The number of carbonyl (C=O) groups is 2. The highest BCUT2D eigenvalue weighted by Crippen LogP contribution is 2.09. The smallest absolute Gasteiger partial charge is 0.325 e. The van der Waals surface area contributed by atoms with E-state index < -0.39 is 32.8 Å². The molecule has 0 spiro atoms. The first-order chi connectivity index (χ1) is 7.04. The van der Waals surface area contributed by atoms with Gasteiger partial charge in [-0.3, -0.25) is 9.59 Å². The van der Waals surface area contributed by atoms with Crippen LogP contribution in [-0.2, 0) is 24.3 Å². The van der Waals surface area contributed by atoms with E-state index in [0.717, 1.165) is 14.0 Å². The van der Waals surface area contributed by atoms with Crippen molar-refractivity contribution < 1.29 is 27.9 Å². The monoisotopic (exact) mass is 253 g/mol. The zero-order valence-corrected chi connectivity index (χ0v) is 10.3. The van der Waals surface area contributed by atoms with E-state index in [2.05, 4.69) is 4.74 Å². The van der Waals surface area contributed by atoms with Gasteiger partial charge in [-0.1, -0.05) is 0 Å². The highest BCUT2D eigenvalue weighted by molar-refractivity contribution is 7.90. The molecule has 94 valence electrons. The molecule has 0 aliphatic heterocycles. The summed E-state index contributed by atoms with van der Waals surface area (Å²) in [6.45, 7) is 3.47. The predicted octanol–water partition coefficient (Wildman–Crippen LogP) is -0.669. The van der Waals surface area contributed by atoms with Crippen molar-refractivity contribution in [1.29, 1.82) is 0 Å². The molecule has 1 unspecified atom stereocenters. The Morgan fingerprint density at radius 2 is 1.81 bits per heavy atom. The van der Waals surface area contributed by atoms with Crippen LogP contribution in [0.4, 0.5) is 0 Å². The van der Waals surface area contributed by atoms with E-state index in [1.807, 2.05) is 4.72 Å². The van der Waals surface area contributed by atoms with Crippen LogP contribution in [0.2, 0.25) is 0 Å². The summed E-state index contributed by atoms with van der Waals surface area (Å²) in [5.41, 5.74) is -1.68. The van der Waals surface area contributed by atoms with Crippen LogP contribution in [0.1, 0.15) is 20.8 Å². The number of nitrogens with one attached hydrogen (secondary N) is 1. The fourth-order valence-electron chi connectivity index (χ4n) is 0.780. The number of hydrogen-bond acceptors (Lipinski definition) is 5. The van der Waals surface area contributed by atoms with Crippen molar-refractivity contribution in [3.05, 3.63) is 0 Å². The molecule has 8 heteroatoms. The third-order valence-corrected chi connectivity index (χ3v) is 3.85. The molecular weight excluding hydrogens is 238 g/mol. The molecule has 0 radical (unpaired) electrons. The lowest BCUT2D eigenvalue weighted by Crippen LogP contribution is -2.53. The highest BCUT2D eigenvalue weighted by atomic mass is 32.2. The molecule has 0 aromatic heterocycles. The van der Waals surface area contributed by atoms with Gasteiger partial charge in [0.15, 0.2) is 5.25 Å². The molecule has 2 N–H and O–H groups in total. The van der Waals surface area contributed by atoms with Crippen LogP contribution >= 0.6 is 0 Å². The van der Waals surface area contributed by atoms with E-state index in [9.17, 15) is 18.0 Å². The molecule has 1 atom stereocenters. The molecule has 0 aromatic carbocycles. The van der Waals surface area contributed by atoms with Crippen LogP contribution in [0.25, 0.3) is 0 Å². The fourth-order valence-corrected chi connectivity index (χ4v) is 2.11. The van der Waals surface area contributed by atoms with Crippen molar-refractivity contribution >= 4 is 22.0 Å². The zero-order valence-electron chi connectivity index (χ0n) is 9.47. The maximum Gasteiger partial charge on any atom is 0.325 e. The number of carboxylic acid groups (broad SMARTS) is 1. The number of rotatable bonds is 5. The SMILES string of the molecule is COC(=O)C(C)S(=O)(=O)NC(C)(C)C(=O)O. The lowest BCUT2D eigenvalue weighted by molar-refractivity contribution is -0.143. The Morgan fingerprint density at radius 1 is 1.38 bits per heavy atom. The Balaban J connectivity index is 4.98. The first kappa shape index (κ1) is 14.8. The largest absolute Gasteiger partial charge is 0.480 e. The summed E-state index contributed by atoms with van der Waals surface area (Å²) in [5.74, 6) is -2.29. The molecular formula is C8H15NO6S. The topological polar surface area (TPSA) is 110 Å². The van der Waals surface area contributed by atoms with E-state index in [1.165, 1.54) is 13.8 Å². The number of methoxy groups -OCH3 is 1. The van der Waals surface area contributed by atoms with Gasteiger partial charge in [0.25, 0.3) is 0 Å². The molecule has 0 rings (SSSR count). The van der Waals surface area contributed by atoms with E-state index in [0.29, 0.717) is 0 Å². The van der Waals surface area contributed by atoms with Crippen molar-refractivity contribution in [2.45, 2.75) is 31.6 Å². The standard InChI is InChI=1S/C8H15NO6S/c1-5(6(10)15-4)16(13,14)9-8(2,3)7(11)12/h5,9H,1-4H3,(H,11,12). The van der Waals surface area contributed by atoms with Crippen LogP contribution in [0.3, 0.4) is 0 Å². The van der Waals surface area contributed by atoms with Gasteiger partial charge in [-0.05, 0) is 20.8 Å². The first-order valence-electron chi connectivity index (χ1n) is 4.38. The summed E-state index contributed by atoms with van der Waals surface area (Å²) < 4.78 is 29.3. The molecule has 0 aromatic rings. The third-order valence-electron chi connectivity index (χ3n) is 1.93. The van der Waals surface area contributed by atoms with Gasteiger partial charge in [-0.15, -0.1) is 0 Å². The van der Waals surface area contributed by atoms with Gasteiger partial charge in [0.2, 0.25) is 10.0 Å². The molecule has 0 aliphatic rings. The minimum atomic E-state index is -4.08. The summed E-state index contributed by atoms with van der Waals surface area (Å²) in [7, 11) is -3.03. The van der Waals surface area contributed by atoms with Crippen LogP contribution in [-0.4, -0.2) is 43.4 Å². The minimum absolute atomic E-state index is 0.950. The summed E-state index contributed by atoms with van der Waals surface area (Å²) in [6.07, 6.45) is 0. The number of esters is 1. The van der Waals surface area contributed by atoms with E-state index >= 15 is 0 Å². The number of carboxylic acids is 1. The van der Waals surface area contributed by atoms with Crippen LogP contribution < -0.4 is 4.72 Å². The Morgan fingerprint density at radius 3 is 2.12 bits per heavy atom. The van der Waals surface area contributed by atoms with Crippen molar-refractivity contribution in [1.82, 2.24) is 4.72 Å². The maximum atomic E-state index is 11.6. The van der Waals surface area contributed by atoms with Crippen molar-refractivity contribution in [2.24, 2.45) is 0 Å². The van der Waals surface area contributed by atoms with Gasteiger partial charge in [0.05, 0.1) is 7.11 Å². The molecule has 0 aliphatic carbocycles. The van der Waals surface area contributed by atoms with Gasteiger partial charge < -0.3 is 9.84 Å². The maximum absolute atomic E-state index is 11.6. The van der Waals surface area contributed by atoms with Gasteiger partial charge in [0, 0.05) is 0 Å². The van der Waals surface area contributed by atoms with Crippen LogP contribution in [0, 0.1) is 0 Å². The van der Waals surface area contributed by atoms with Crippen molar-refractivity contribution in [2.75, 3.05) is 7.11 Å². The quantitative estimate of drug-likeness (QED) is 0.629. The van der Waals surface area contributed by atoms with E-state index in [4.69, 9.17) is 5.11 Å². The number of carbonyl (C=O) groups excluding carboxylic acids is 1. The van der Waals surface area contributed by atoms with Gasteiger partial charge in [0.1, 0.15) is 5.54 Å². The molecule has 7 nitrogen and oxygen atoms in total. The summed E-state index contributed by atoms with van der Waals surface area (Å²) in [4.78, 5) is 21.7. The minimum Gasteiger partial charge on any atom is -0.480 e. The fraction of sp³-hybridized carbons (Fsp3) is 0.750. The second-order valence-corrected chi connectivity index (χ2v) is 5.74. The van der Waals surface area contributed by atoms with E-state index in [-0.39, 0.29) is 0 Å². The number of ether oxygens (including phenoxy) is 1. The summed E-state index contributed by atoms with van der Waals surface area (Å²) >= 11 is 0. The average molecular weight is 253 g/mol. The number of hydrogen-bond donors (Lipinski definition) is 2. The summed E-state index contributed by atoms with van der Waals surface area (Å²) in [6, 6.07) is 0. The normalized spacial score (nSPS) is 14.2. The van der Waals surface area contributed by atoms with Gasteiger partial charge in [-0.2, -0.15) is 4.72 Å². The Bertz CT molecular complexity index is 385. The second-order valence-electron chi connectivity index (χ2n) is 3.74. The molecule has 0 saturated heterocycles. The number of sulfonamides is 1. The molecule has 16 heavy (non-hydrogen) atoms. The van der Waals surface area contributed by atoms with Gasteiger partial charge in [-0.25, -0.2) is 8.42 Å².